The summed E-state index contributed by atoms with van der Waals surface area (Å²) in [7, 11) is 1.48. The first kappa shape index (κ1) is 18.2. The lowest BCUT2D eigenvalue weighted by Crippen LogP contribution is -2.51. The summed E-state index contributed by atoms with van der Waals surface area (Å²) >= 11 is 0. The Morgan fingerprint density at radius 1 is 1.19 bits per heavy atom. The van der Waals surface area contributed by atoms with Gasteiger partial charge in [-0.2, -0.15) is 0 Å². The Balaban J connectivity index is 1.72. The SMILES string of the molecule is CNC(=O)[C@@H]1CN(C(=O)COC(=O)c2ccc(O)cc2)c2ccccc2O1. The number of aromatic hydroxyl groups is 1. The van der Waals surface area contributed by atoms with Gasteiger partial charge in [-0.3, -0.25) is 9.59 Å². The van der Waals surface area contributed by atoms with E-state index in [4.69, 9.17) is 9.47 Å². The number of nitrogens with one attached hydrogen (secondary N) is 1. The van der Waals surface area contributed by atoms with Crippen molar-refractivity contribution >= 4 is 23.5 Å². The number of ether oxygens (including phenoxy) is 2. The van der Waals surface area contributed by atoms with Gasteiger partial charge in [-0.25, -0.2) is 4.79 Å². The largest absolute Gasteiger partial charge is 0.508 e. The predicted octanol–water partition coefficient (Wildman–Crippen LogP) is 1.09. The Kier molecular flexibility index (Phi) is 5.25. The second-order valence-corrected chi connectivity index (χ2v) is 5.82. The van der Waals surface area contributed by atoms with Crippen molar-refractivity contribution in [2.24, 2.45) is 0 Å². The van der Waals surface area contributed by atoms with Gasteiger partial charge in [0.15, 0.2) is 12.7 Å². The molecule has 0 bridgehead atoms. The molecule has 0 saturated carbocycles. The Morgan fingerprint density at radius 3 is 2.59 bits per heavy atom. The zero-order valence-corrected chi connectivity index (χ0v) is 14.5. The fourth-order valence-electron chi connectivity index (χ4n) is 2.65. The topological polar surface area (TPSA) is 105 Å². The minimum atomic E-state index is -0.860. The zero-order valence-electron chi connectivity index (χ0n) is 14.5. The minimum Gasteiger partial charge on any atom is -0.508 e. The minimum absolute atomic E-state index is 0.00623. The molecule has 2 amide bonds. The van der Waals surface area contributed by atoms with Crippen molar-refractivity contribution in [1.29, 1.82) is 0 Å². The molecule has 0 saturated heterocycles. The van der Waals surface area contributed by atoms with Crippen LogP contribution in [0.4, 0.5) is 5.69 Å². The van der Waals surface area contributed by atoms with Crippen LogP contribution in [0.1, 0.15) is 10.4 Å². The van der Waals surface area contributed by atoms with Crippen LogP contribution >= 0.6 is 0 Å². The molecule has 2 aromatic carbocycles. The van der Waals surface area contributed by atoms with Crippen LogP contribution in [0.5, 0.6) is 11.5 Å². The fourth-order valence-corrected chi connectivity index (χ4v) is 2.65. The third kappa shape index (κ3) is 4.00. The number of likely N-dealkylation sites (N-methyl/N-ethyl adjacent to an activating group) is 1. The second-order valence-electron chi connectivity index (χ2n) is 5.82. The van der Waals surface area contributed by atoms with Gasteiger partial charge >= 0.3 is 5.97 Å². The molecule has 0 spiro atoms. The monoisotopic (exact) mass is 370 g/mol. The lowest BCUT2D eigenvalue weighted by Gasteiger charge is -2.33. The predicted molar refractivity (Wildman–Crippen MR) is 95.7 cm³/mol. The van der Waals surface area contributed by atoms with E-state index in [1.165, 1.54) is 36.2 Å². The number of carbonyl (C=O) groups is 3. The van der Waals surface area contributed by atoms with E-state index < -0.39 is 24.6 Å². The number of phenols is 1. The summed E-state index contributed by atoms with van der Waals surface area (Å²) in [4.78, 5) is 38.0. The maximum absolute atomic E-state index is 12.6. The van der Waals surface area contributed by atoms with Crippen molar-refractivity contribution in [2.45, 2.75) is 6.10 Å². The number of rotatable bonds is 4. The molecule has 0 fully saturated rings. The van der Waals surface area contributed by atoms with Crippen molar-refractivity contribution in [3.8, 4) is 11.5 Å². The molecule has 0 radical (unpaired) electrons. The smallest absolute Gasteiger partial charge is 0.338 e. The highest BCUT2D eigenvalue weighted by Crippen LogP contribution is 2.33. The first-order valence-corrected chi connectivity index (χ1v) is 8.23. The lowest BCUT2D eigenvalue weighted by molar-refractivity contribution is -0.128. The van der Waals surface area contributed by atoms with E-state index in [1.54, 1.807) is 24.3 Å². The number of para-hydroxylation sites is 2. The molecule has 2 aromatic rings. The van der Waals surface area contributed by atoms with E-state index in [-0.39, 0.29) is 23.8 Å². The molecule has 0 unspecified atom stereocenters. The Morgan fingerprint density at radius 2 is 1.89 bits per heavy atom. The zero-order chi connectivity index (χ0) is 19.4. The highest BCUT2D eigenvalue weighted by atomic mass is 16.5. The number of carbonyl (C=O) groups excluding carboxylic acids is 3. The molecular weight excluding hydrogens is 352 g/mol. The van der Waals surface area contributed by atoms with Crippen LogP contribution in [0.2, 0.25) is 0 Å². The number of nitrogens with zero attached hydrogens (tertiary/aromatic N) is 1. The van der Waals surface area contributed by atoms with Crippen LogP contribution in [-0.4, -0.2) is 49.2 Å². The first-order valence-electron chi connectivity index (χ1n) is 8.23. The standard InChI is InChI=1S/C19H18N2O6/c1-20-18(24)16-10-21(14-4-2-3-5-15(14)27-16)17(23)11-26-19(25)12-6-8-13(22)9-7-12/h2-9,16,22H,10-11H2,1H3,(H,20,24)/t16-/m0/s1. The van der Waals surface area contributed by atoms with Gasteiger partial charge < -0.3 is 24.8 Å². The molecule has 8 heteroatoms. The number of hydrogen-bond acceptors (Lipinski definition) is 6. The van der Waals surface area contributed by atoms with Crippen LogP contribution in [0, 0.1) is 0 Å². The van der Waals surface area contributed by atoms with Gasteiger partial charge in [0.1, 0.15) is 11.5 Å². The lowest BCUT2D eigenvalue weighted by atomic mass is 10.1. The van der Waals surface area contributed by atoms with Gasteiger partial charge in [0, 0.05) is 7.05 Å². The number of hydrogen-bond donors (Lipinski definition) is 2. The van der Waals surface area contributed by atoms with E-state index >= 15 is 0 Å². The quantitative estimate of drug-likeness (QED) is 0.781. The molecular formula is C19H18N2O6. The molecule has 8 nitrogen and oxygen atoms in total. The van der Waals surface area contributed by atoms with E-state index in [9.17, 15) is 19.5 Å². The first-order chi connectivity index (χ1) is 13.0. The third-order valence-electron chi connectivity index (χ3n) is 4.04. The second kappa shape index (κ2) is 7.77. The van der Waals surface area contributed by atoms with E-state index in [0.717, 1.165) is 0 Å². The van der Waals surface area contributed by atoms with Crippen LogP contribution in [0.25, 0.3) is 0 Å². The maximum Gasteiger partial charge on any atom is 0.338 e. The molecule has 140 valence electrons. The number of benzene rings is 2. The highest BCUT2D eigenvalue weighted by Gasteiger charge is 2.33. The summed E-state index contributed by atoms with van der Waals surface area (Å²) in [6.45, 7) is -0.485. The van der Waals surface area contributed by atoms with Crippen LogP contribution in [0.15, 0.2) is 48.5 Å². The summed E-state index contributed by atoms with van der Waals surface area (Å²) in [5.41, 5.74) is 0.717. The Hall–Kier alpha value is -3.55. The molecule has 27 heavy (non-hydrogen) atoms. The molecule has 1 aliphatic rings. The van der Waals surface area contributed by atoms with Crippen molar-refractivity contribution in [2.75, 3.05) is 25.1 Å². The average molecular weight is 370 g/mol. The molecule has 1 atom stereocenters. The van der Waals surface area contributed by atoms with Gasteiger partial charge in [0.2, 0.25) is 0 Å². The van der Waals surface area contributed by atoms with Crippen molar-refractivity contribution in [1.82, 2.24) is 5.32 Å². The van der Waals surface area contributed by atoms with E-state index in [1.807, 2.05) is 0 Å². The van der Waals surface area contributed by atoms with Crippen molar-refractivity contribution < 1.29 is 29.0 Å². The maximum atomic E-state index is 12.6. The Labute approximate surface area is 155 Å². The average Bonchev–Trinajstić information content (AvgIpc) is 2.70. The number of amides is 2. The van der Waals surface area contributed by atoms with Crippen LogP contribution in [-0.2, 0) is 14.3 Å². The normalized spacial score (nSPS) is 15.3. The molecule has 0 aromatic heterocycles. The van der Waals surface area contributed by atoms with Gasteiger partial charge in [-0.1, -0.05) is 12.1 Å². The number of fused-ring (bicyclic) bond motifs is 1. The summed E-state index contributed by atoms with van der Waals surface area (Å²) in [5, 5.41) is 11.7. The highest BCUT2D eigenvalue weighted by molar-refractivity contribution is 5.99. The third-order valence-corrected chi connectivity index (χ3v) is 4.04. The van der Waals surface area contributed by atoms with Gasteiger partial charge in [-0.05, 0) is 36.4 Å². The van der Waals surface area contributed by atoms with E-state index in [2.05, 4.69) is 5.32 Å². The molecule has 1 aliphatic heterocycles. The van der Waals surface area contributed by atoms with Gasteiger partial charge in [-0.15, -0.1) is 0 Å². The van der Waals surface area contributed by atoms with Crippen molar-refractivity contribution in [3.63, 3.8) is 0 Å². The van der Waals surface area contributed by atoms with Crippen LogP contribution < -0.4 is 15.0 Å². The number of anilines is 1. The molecule has 1 heterocycles. The molecule has 0 aliphatic carbocycles. The number of phenolic OH excluding ortho intramolecular Hbond substituents is 1. The van der Waals surface area contributed by atoms with Crippen molar-refractivity contribution in [3.05, 3.63) is 54.1 Å². The summed E-state index contributed by atoms with van der Waals surface area (Å²) < 4.78 is 10.7. The van der Waals surface area contributed by atoms with Gasteiger partial charge in [0.25, 0.3) is 11.8 Å². The summed E-state index contributed by atoms with van der Waals surface area (Å²) in [6, 6.07) is 12.3. The molecule has 2 N–H and O–H groups in total. The Bertz CT molecular complexity index is 865. The summed E-state index contributed by atoms with van der Waals surface area (Å²) in [6.07, 6.45) is -0.860. The molecule has 3 rings (SSSR count). The van der Waals surface area contributed by atoms with Gasteiger partial charge in [0.05, 0.1) is 17.8 Å². The summed E-state index contributed by atoms with van der Waals surface area (Å²) in [5.74, 6) is -1.11. The van der Waals surface area contributed by atoms with Crippen LogP contribution in [0.3, 0.4) is 0 Å². The van der Waals surface area contributed by atoms with E-state index in [0.29, 0.717) is 11.4 Å². The number of esters is 1. The fraction of sp³-hybridized carbons (Fsp3) is 0.211.